The fourth-order valence-corrected chi connectivity index (χ4v) is 11.0. The van der Waals surface area contributed by atoms with E-state index in [9.17, 15) is 31.6 Å². The summed E-state index contributed by atoms with van der Waals surface area (Å²) in [5.41, 5.74) is 3.70. The van der Waals surface area contributed by atoms with Gasteiger partial charge in [0.1, 0.15) is 6.07 Å². The normalized spacial score (nSPS) is 11.9. The lowest BCUT2D eigenvalue weighted by atomic mass is 9.95. The summed E-state index contributed by atoms with van der Waals surface area (Å²) in [4.78, 5) is 29.5. The Balaban J connectivity index is 1.00. The van der Waals surface area contributed by atoms with Crippen molar-refractivity contribution in [1.82, 2.24) is 39.0 Å². The summed E-state index contributed by atoms with van der Waals surface area (Å²) in [6.07, 6.45) is -10.3. The summed E-state index contributed by atoms with van der Waals surface area (Å²) in [6.45, 7) is 0. The SMILES string of the molecule is N#Cc1cc(-n2c3ccccc3c3cc(-c4nc(-c5ccccc5)nc(-c5ccccc5)n4)ccc32)c(-c2cc(C(F)(F)F)cc(C(F)(F)F)c2)cc1-n1c2ccccc2c2cc(-c3nc(-c4ccccc4)nc(-c4ccccc4)n3)ccc21. The van der Waals surface area contributed by atoms with E-state index in [1.807, 2.05) is 205 Å². The van der Waals surface area contributed by atoms with Crippen molar-refractivity contribution in [3.8, 4) is 96.9 Å². The van der Waals surface area contributed by atoms with Crippen LogP contribution in [0.25, 0.3) is 134 Å². The first-order valence-corrected chi connectivity index (χ1v) is 26.5. The number of nitriles is 1. The number of rotatable bonds is 9. The molecule has 0 fully saturated rings. The Kier molecular flexibility index (Phi) is 12.3. The number of halogens is 6. The molecule has 4 aromatic heterocycles. The van der Waals surface area contributed by atoms with Gasteiger partial charge in [-0.15, -0.1) is 0 Å². The quantitative estimate of drug-likeness (QED) is 0.132. The third kappa shape index (κ3) is 9.12. The second-order valence-corrected chi connectivity index (χ2v) is 20.0. The smallest absolute Gasteiger partial charge is 0.309 e. The minimum absolute atomic E-state index is 0.0144. The molecule has 10 aromatic carbocycles. The Labute approximate surface area is 474 Å². The van der Waals surface area contributed by atoms with E-state index in [0.717, 1.165) is 39.8 Å². The van der Waals surface area contributed by atoms with E-state index in [2.05, 4.69) is 6.07 Å². The van der Waals surface area contributed by atoms with Crippen molar-refractivity contribution in [3.05, 3.63) is 253 Å². The molecule has 4 heterocycles. The minimum atomic E-state index is -5.17. The molecule has 0 saturated heterocycles. The van der Waals surface area contributed by atoms with Gasteiger partial charge < -0.3 is 9.13 Å². The number of aromatic nitrogens is 8. The molecule has 0 aliphatic carbocycles. The summed E-state index contributed by atoms with van der Waals surface area (Å²) >= 11 is 0. The first-order chi connectivity index (χ1) is 40.8. The molecule has 0 bridgehead atoms. The number of fused-ring (bicyclic) bond motifs is 6. The van der Waals surface area contributed by atoms with Crippen molar-refractivity contribution >= 4 is 43.6 Å². The van der Waals surface area contributed by atoms with E-state index in [1.54, 1.807) is 10.6 Å². The van der Waals surface area contributed by atoms with E-state index >= 15 is 0 Å². The third-order valence-corrected chi connectivity index (χ3v) is 14.9. The van der Waals surface area contributed by atoms with Crippen molar-refractivity contribution in [1.29, 1.82) is 5.26 Å². The van der Waals surface area contributed by atoms with Gasteiger partial charge in [-0.1, -0.05) is 158 Å². The van der Waals surface area contributed by atoms with Gasteiger partial charge in [-0.3, -0.25) is 0 Å². The maximum Gasteiger partial charge on any atom is 0.416 e. The Bertz CT molecular complexity index is 4790. The molecular formula is C69H39F6N9. The predicted octanol–water partition coefficient (Wildman–Crippen LogP) is 17.8. The van der Waals surface area contributed by atoms with Crippen LogP contribution in [0.4, 0.5) is 26.3 Å². The maximum absolute atomic E-state index is 15.0. The van der Waals surface area contributed by atoms with Gasteiger partial charge in [-0.25, -0.2) is 29.9 Å². The molecule has 0 atom stereocenters. The Morgan fingerprint density at radius 2 is 0.631 bits per heavy atom. The summed E-state index contributed by atoms with van der Waals surface area (Å²) in [7, 11) is 0. The number of nitrogens with zero attached hydrogens (tertiary/aromatic N) is 9. The molecule has 0 aliphatic heterocycles. The van der Waals surface area contributed by atoms with Crippen molar-refractivity contribution in [2.24, 2.45) is 0 Å². The van der Waals surface area contributed by atoms with Crippen LogP contribution in [-0.2, 0) is 12.4 Å². The van der Waals surface area contributed by atoms with E-state index in [4.69, 9.17) is 29.9 Å². The molecule has 84 heavy (non-hydrogen) atoms. The van der Waals surface area contributed by atoms with Gasteiger partial charge in [-0.05, 0) is 84.4 Å². The summed E-state index contributed by atoms with van der Waals surface area (Å²) in [6, 6.07) is 71.0. The molecule has 0 saturated carbocycles. The predicted molar refractivity (Wildman–Crippen MR) is 315 cm³/mol. The highest BCUT2D eigenvalue weighted by Crippen LogP contribution is 2.45. The van der Waals surface area contributed by atoms with Gasteiger partial charge >= 0.3 is 12.4 Å². The molecule has 0 radical (unpaired) electrons. The fraction of sp³-hybridized carbons (Fsp3) is 0.0290. The second-order valence-electron chi connectivity index (χ2n) is 20.0. The Morgan fingerprint density at radius 1 is 0.298 bits per heavy atom. The zero-order valence-electron chi connectivity index (χ0n) is 43.8. The summed E-state index contributed by atoms with van der Waals surface area (Å²) < 4.78 is 93.3. The number of para-hydroxylation sites is 2. The first-order valence-electron chi connectivity index (χ1n) is 26.5. The monoisotopic (exact) mass is 1110 g/mol. The van der Waals surface area contributed by atoms with E-state index in [-0.39, 0.29) is 34.1 Å². The van der Waals surface area contributed by atoms with Crippen molar-refractivity contribution < 1.29 is 26.3 Å². The van der Waals surface area contributed by atoms with Gasteiger partial charge in [0.2, 0.25) is 0 Å². The Morgan fingerprint density at radius 3 is 1.00 bits per heavy atom. The zero-order chi connectivity index (χ0) is 57.3. The van der Waals surface area contributed by atoms with Gasteiger partial charge in [0.05, 0.1) is 50.1 Å². The zero-order valence-corrected chi connectivity index (χ0v) is 43.8. The fourth-order valence-electron chi connectivity index (χ4n) is 11.0. The van der Waals surface area contributed by atoms with Crippen LogP contribution >= 0.6 is 0 Å². The van der Waals surface area contributed by atoms with Crippen LogP contribution in [0.15, 0.2) is 237 Å². The van der Waals surface area contributed by atoms with Crippen LogP contribution in [0, 0.1) is 11.3 Å². The number of hydrogen-bond acceptors (Lipinski definition) is 7. The third-order valence-electron chi connectivity index (χ3n) is 14.9. The van der Waals surface area contributed by atoms with E-state index in [0.29, 0.717) is 84.3 Å². The van der Waals surface area contributed by atoms with Crippen LogP contribution in [-0.4, -0.2) is 39.0 Å². The maximum atomic E-state index is 15.0. The molecule has 0 amide bonds. The lowest BCUT2D eigenvalue weighted by Gasteiger charge is -2.20. The molecule has 0 unspecified atom stereocenters. The molecule has 9 nitrogen and oxygen atoms in total. The van der Waals surface area contributed by atoms with Crippen LogP contribution in [0.1, 0.15) is 16.7 Å². The van der Waals surface area contributed by atoms with Crippen LogP contribution < -0.4 is 0 Å². The minimum Gasteiger partial charge on any atom is -0.309 e. The van der Waals surface area contributed by atoms with Crippen molar-refractivity contribution in [3.63, 3.8) is 0 Å². The van der Waals surface area contributed by atoms with Crippen LogP contribution in [0.3, 0.4) is 0 Å². The lowest BCUT2D eigenvalue weighted by molar-refractivity contribution is -0.143. The largest absolute Gasteiger partial charge is 0.416 e. The number of alkyl halides is 6. The highest BCUT2D eigenvalue weighted by Gasteiger charge is 2.38. The van der Waals surface area contributed by atoms with Gasteiger partial charge in [0.15, 0.2) is 34.9 Å². The average Bonchev–Trinajstić information content (AvgIpc) is 2.21. The van der Waals surface area contributed by atoms with E-state index < -0.39 is 23.5 Å². The topological polar surface area (TPSA) is 111 Å². The molecule has 402 valence electrons. The van der Waals surface area contributed by atoms with Gasteiger partial charge in [-0.2, -0.15) is 31.6 Å². The number of benzene rings is 10. The molecule has 14 rings (SSSR count). The first kappa shape index (κ1) is 51.1. The molecule has 0 N–H and O–H groups in total. The summed E-state index contributed by atoms with van der Waals surface area (Å²) in [5, 5.41) is 14.2. The highest BCUT2D eigenvalue weighted by atomic mass is 19.4. The highest BCUT2D eigenvalue weighted by molar-refractivity contribution is 6.12. The molecular weight excluding hydrogens is 1070 g/mol. The van der Waals surface area contributed by atoms with Crippen LogP contribution in [0.5, 0.6) is 0 Å². The van der Waals surface area contributed by atoms with Crippen LogP contribution in [0.2, 0.25) is 0 Å². The molecule has 0 spiro atoms. The second kappa shape index (κ2) is 20.2. The van der Waals surface area contributed by atoms with Crippen molar-refractivity contribution in [2.75, 3.05) is 0 Å². The average molecular weight is 1110 g/mol. The lowest BCUT2D eigenvalue weighted by Crippen LogP contribution is -2.11. The van der Waals surface area contributed by atoms with Gasteiger partial charge in [0, 0.05) is 60.5 Å². The van der Waals surface area contributed by atoms with Crippen molar-refractivity contribution in [2.45, 2.75) is 12.4 Å². The van der Waals surface area contributed by atoms with E-state index in [1.165, 1.54) is 12.1 Å². The standard InChI is InChI=1S/C69H39F6N9/c70-68(71,72)49-33-47(34-50(38-49)69(73,74)75)53-39-60(83-56-27-15-13-25-51(56)54-35-45(29-31-58(54)83)66-79-62(41-17-5-1-6-18-41)77-63(80-66)42-19-7-2-8-20-42)48(40-76)37-61(53)84-57-28-16-14-26-52(57)55-36-46(30-32-59(55)84)67-81-64(43-21-9-3-10-22-43)78-65(82-67)44-23-11-4-12-24-44/h1-39H. The summed E-state index contributed by atoms with van der Waals surface area (Å²) in [5.74, 6) is 2.54. The van der Waals surface area contributed by atoms with Gasteiger partial charge in [0.25, 0.3) is 0 Å². The molecule has 0 aliphatic rings. The Hall–Kier alpha value is -11.1. The number of hydrogen-bond donors (Lipinski definition) is 0. The molecule has 15 heteroatoms. The molecule has 14 aromatic rings.